The summed E-state index contributed by atoms with van der Waals surface area (Å²) in [6, 6.07) is 1.47. The normalized spacial score (nSPS) is 16.4. The number of halogens is 1. The minimum absolute atomic E-state index is 0.367. The fourth-order valence-corrected chi connectivity index (χ4v) is 1.82. The molecule has 0 saturated carbocycles. The van der Waals surface area contributed by atoms with E-state index in [4.69, 9.17) is 22.4 Å². The number of hydrogen-bond acceptors (Lipinski definition) is 3. The second-order valence-electron chi connectivity index (χ2n) is 2.42. The van der Waals surface area contributed by atoms with Gasteiger partial charge in [0, 0.05) is 5.56 Å². The first-order chi connectivity index (χ1) is 5.13. The van der Waals surface area contributed by atoms with Gasteiger partial charge in [-0.3, -0.25) is 0 Å². The highest BCUT2D eigenvalue weighted by atomic mass is 35.5. The van der Waals surface area contributed by atoms with Crippen molar-refractivity contribution in [1.29, 1.82) is 0 Å². The van der Waals surface area contributed by atoms with Crippen LogP contribution in [0.5, 0.6) is 0 Å². The van der Waals surface area contributed by atoms with Gasteiger partial charge in [-0.05, 0) is 18.4 Å². The maximum Gasteiger partial charge on any atom is 0.0977 e. The van der Waals surface area contributed by atoms with E-state index in [1.807, 2.05) is 11.4 Å². The summed E-state index contributed by atoms with van der Waals surface area (Å²) < 4.78 is 0.665. The van der Waals surface area contributed by atoms with Gasteiger partial charge in [-0.2, -0.15) is 0 Å². The van der Waals surface area contributed by atoms with E-state index in [2.05, 4.69) is 0 Å². The topological polar surface area (TPSA) is 46.2 Å². The summed E-state index contributed by atoms with van der Waals surface area (Å²) in [5, 5.41) is 11.0. The van der Waals surface area contributed by atoms with Gasteiger partial charge < -0.3 is 10.8 Å². The predicted molar refractivity (Wildman–Crippen MR) is 47.9 cm³/mol. The van der Waals surface area contributed by atoms with Crippen molar-refractivity contribution < 1.29 is 5.11 Å². The molecule has 1 aromatic heterocycles. The summed E-state index contributed by atoms with van der Waals surface area (Å²) in [6.07, 6.45) is -0.554. The average Bonchev–Trinajstić information content (AvgIpc) is 2.33. The van der Waals surface area contributed by atoms with Crippen LogP contribution in [0, 0.1) is 0 Å². The Bertz CT molecular complexity index is 236. The molecule has 0 bridgehead atoms. The third-order valence-electron chi connectivity index (χ3n) is 1.52. The minimum atomic E-state index is -0.554. The first-order valence-corrected chi connectivity index (χ1v) is 4.55. The Labute approximate surface area is 74.6 Å². The summed E-state index contributed by atoms with van der Waals surface area (Å²) in [4.78, 5) is 0. The van der Waals surface area contributed by atoms with Crippen LogP contribution in [0.15, 0.2) is 11.4 Å². The molecule has 0 amide bonds. The van der Waals surface area contributed by atoms with Gasteiger partial charge in [-0.25, -0.2) is 0 Å². The van der Waals surface area contributed by atoms with Crippen LogP contribution in [0.1, 0.15) is 18.5 Å². The van der Waals surface area contributed by atoms with Crippen LogP contribution in [0.3, 0.4) is 0 Å². The van der Waals surface area contributed by atoms with E-state index >= 15 is 0 Å². The quantitative estimate of drug-likeness (QED) is 0.749. The van der Waals surface area contributed by atoms with Gasteiger partial charge in [-0.15, -0.1) is 11.3 Å². The highest BCUT2D eigenvalue weighted by Gasteiger charge is 2.15. The zero-order chi connectivity index (χ0) is 8.43. The average molecular weight is 192 g/mol. The van der Waals surface area contributed by atoms with Gasteiger partial charge in [0.15, 0.2) is 0 Å². The van der Waals surface area contributed by atoms with Crippen molar-refractivity contribution in [3.63, 3.8) is 0 Å². The zero-order valence-electron chi connectivity index (χ0n) is 6.12. The van der Waals surface area contributed by atoms with Crippen LogP contribution >= 0.6 is 22.9 Å². The van der Waals surface area contributed by atoms with Crippen molar-refractivity contribution in [3.8, 4) is 0 Å². The third kappa shape index (κ3) is 1.93. The highest BCUT2D eigenvalue weighted by Crippen LogP contribution is 2.28. The van der Waals surface area contributed by atoms with Crippen molar-refractivity contribution in [2.24, 2.45) is 5.73 Å². The van der Waals surface area contributed by atoms with Crippen molar-refractivity contribution in [2.75, 3.05) is 0 Å². The standard InChI is InChI=1S/C7H10ClNOS/c1-4(10)6(9)5-2-3-11-7(5)8/h2-4,6,10H,9H2,1H3/t4-,6+/m1/s1. The Balaban J connectivity index is 2.84. The van der Waals surface area contributed by atoms with E-state index in [9.17, 15) is 0 Å². The number of aliphatic hydroxyl groups excluding tert-OH is 1. The second kappa shape index (κ2) is 3.54. The Hall–Kier alpha value is -0.0900. The SMILES string of the molecule is C[C@@H](O)[C@H](N)c1ccsc1Cl. The molecule has 0 radical (unpaired) electrons. The highest BCUT2D eigenvalue weighted by molar-refractivity contribution is 7.14. The molecule has 2 nitrogen and oxygen atoms in total. The predicted octanol–water partition coefficient (Wildman–Crippen LogP) is 1.78. The number of rotatable bonds is 2. The van der Waals surface area contributed by atoms with E-state index in [-0.39, 0.29) is 6.04 Å². The fraction of sp³-hybridized carbons (Fsp3) is 0.429. The monoisotopic (exact) mass is 191 g/mol. The number of nitrogens with two attached hydrogens (primary N) is 1. The molecule has 0 unspecified atom stereocenters. The van der Waals surface area contributed by atoms with E-state index in [1.165, 1.54) is 11.3 Å². The molecule has 4 heteroatoms. The number of hydrogen-bond donors (Lipinski definition) is 2. The molecule has 0 aliphatic rings. The summed E-state index contributed by atoms with van der Waals surface area (Å²) in [5.74, 6) is 0. The molecule has 1 aromatic rings. The Morgan fingerprint density at radius 2 is 2.36 bits per heavy atom. The maximum absolute atomic E-state index is 9.14. The van der Waals surface area contributed by atoms with E-state index in [0.717, 1.165) is 5.56 Å². The molecule has 0 spiro atoms. The van der Waals surface area contributed by atoms with Gasteiger partial charge in [-0.1, -0.05) is 11.6 Å². The van der Waals surface area contributed by atoms with Crippen LogP contribution in [0.25, 0.3) is 0 Å². The molecule has 11 heavy (non-hydrogen) atoms. The fourth-order valence-electron chi connectivity index (χ4n) is 0.803. The van der Waals surface area contributed by atoms with E-state index in [1.54, 1.807) is 6.92 Å². The first-order valence-electron chi connectivity index (χ1n) is 3.29. The first kappa shape index (κ1) is 9.00. The van der Waals surface area contributed by atoms with E-state index < -0.39 is 6.10 Å². The van der Waals surface area contributed by atoms with Gasteiger partial charge in [0.1, 0.15) is 0 Å². The minimum Gasteiger partial charge on any atom is -0.391 e. The summed E-state index contributed by atoms with van der Waals surface area (Å²) in [6.45, 7) is 1.65. The molecule has 62 valence electrons. The van der Waals surface area contributed by atoms with Crippen LogP contribution in [-0.2, 0) is 0 Å². The molecular formula is C7H10ClNOS. The lowest BCUT2D eigenvalue weighted by Gasteiger charge is -2.13. The van der Waals surface area contributed by atoms with Crippen molar-refractivity contribution in [2.45, 2.75) is 19.1 Å². The lowest BCUT2D eigenvalue weighted by atomic mass is 10.1. The lowest BCUT2D eigenvalue weighted by Crippen LogP contribution is -2.22. The summed E-state index contributed by atoms with van der Waals surface area (Å²) >= 11 is 7.23. The van der Waals surface area contributed by atoms with Crippen LogP contribution in [-0.4, -0.2) is 11.2 Å². The Morgan fingerprint density at radius 3 is 2.73 bits per heavy atom. The molecule has 0 aliphatic carbocycles. The molecule has 1 rings (SSSR count). The Kier molecular flexibility index (Phi) is 2.90. The van der Waals surface area contributed by atoms with Crippen LogP contribution in [0.2, 0.25) is 4.34 Å². The molecule has 0 aromatic carbocycles. The molecule has 2 atom stereocenters. The van der Waals surface area contributed by atoms with Crippen LogP contribution in [0.4, 0.5) is 0 Å². The number of aliphatic hydroxyl groups is 1. The van der Waals surface area contributed by atoms with Gasteiger partial charge in [0.05, 0.1) is 16.5 Å². The van der Waals surface area contributed by atoms with Crippen molar-refractivity contribution >= 4 is 22.9 Å². The lowest BCUT2D eigenvalue weighted by molar-refractivity contribution is 0.164. The molecule has 0 fully saturated rings. The van der Waals surface area contributed by atoms with Gasteiger partial charge in [0.25, 0.3) is 0 Å². The van der Waals surface area contributed by atoms with Gasteiger partial charge >= 0.3 is 0 Å². The van der Waals surface area contributed by atoms with E-state index in [0.29, 0.717) is 4.34 Å². The number of thiophene rings is 1. The van der Waals surface area contributed by atoms with Crippen molar-refractivity contribution in [3.05, 3.63) is 21.3 Å². The molecular weight excluding hydrogens is 182 g/mol. The molecule has 3 N–H and O–H groups in total. The zero-order valence-corrected chi connectivity index (χ0v) is 7.69. The molecule has 1 heterocycles. The molecule has 0 aliphatic heterocycles. The van der Waals surface area contributed by atoms with Crippen LogP contribution < -0.4 is 5.73 Å². The third-order valence-corrected chi connectivity index (χ3v) is 2.73. The smallest absolute Gasteiger partial charge is 0.0977 e. The summed E-state index contributed by atoms with van der Waals surface area (Å²) in [7, 11) is 0. The van der Waals surface area contributed by atoms with Gasteiger partial charge in [0.2, 0.25) is 0 Å². The maximum atomic E-state index is 9.14. The summed E-state index contributed by atoms with van der Waals surface area (Å²) in [5.41, 5.74) is 6.48. The largest absolute Gasteiger partial charge is 0.391 e. The molecule has 0 saturated heterocycles. The second-order valence-corrected chi connectivity index (χ2v) is 3.93. The Morgan fingerprint density at radius 1 is 1.73 bits per heavy atom. The van der Waals surface area contributed by atoms with Crippen molar-refractivity contribution in [1.82, 2.24) is 0 Å².